The summed E-state index contributed by atoms with van der Waals surface area (Å²) in [5.74, 6) is 6.03. The fourth-order valence-electron chi connectivity index (χ4n) is 5.17. The average molecular weight is 1510 g/mol. The zero-order valence-corrected chi connectivity index (χ0v) is 75.0. The normalized spacial score (nSPS) is 8.74. The van der Waals surface area contributed by atoms with E-state index in [9.17, 15) is 19.2 Å². The van der Waals surface area contributed by atoms with Crippen molar-refractivity contribution in [3.63, 3.8) is 0 Å². The first-order chi connectivity index (χ1) is 48.1. The third kappa shape index (κ3) is 180. The maximum Gasteiger partial charge on any atom is 0.129 e. The predicted octanol–water partition coefficient (Wildman–Crippen LogP) is 30.1. The van der Waals surface area contributed by atoms with Gasteiger partial charge in [0.15, 0.2) is 0 Å². The number of hydrogen-bond donors (Lipinski definition) is 5. The molecule has 628 valence electrons. The van der Waals surface area contributed by atoms with Crippen molar-refractivity contribution in [3.05, 3.63) is 120 Å². The number of phenols is 1. The molecule has 105 heavy (non-hydrogen) atoms. The number of aromatic nitrogens is 3. The van der Waals surface area contributed by atoms with Crippen LogP contribution in [0, 0.1) is 17.8 Å². The summed E-state index contributed by atoms with van der Waals surface area (Å²) < 4.78 is 0. The minimum Gasteiger partial charge on any atom is -0.508 e. The van der Waals surface area contributed by atoms with Crippen LogP contribution in [-0.4, -0.2) is 78.8 Å². The molecule has 11 nitrogen and oxygen atoms in total. The van der Waals surface area contributed by atoms with Gasteiger partial charge in [0.2, 0.25) is 0 Å². The van der Waals surface area contributed by atoms with E-state index in [0.29, 0.717) is 24.4 Å². The van der Waals surface area contributed by atoms with Gasteiger partial charge in [-0.05, 0) is 164 Å². The number of fused-ring (bicyclic) bond motifs is 1. The Morgan fingerprint density at radius 3 is 1.05 bits per heavy atom. The summed E-state index contributed by atoms with van der Waals surface area (Å²) in [5, 5.41) is 18.3. The Hall–Kier alpha value is -5.33. The maximum absolute atomic E-state index is 10.0. The fraction of sp³-hybridized carbons (Fsp3) is 0.699. The molecular formula is C93H189N5O6S. The van der Waals surface area contributed by atoms with E-state index in [2.05, 4.69) is 226 Å². The Kier molecular flexibility index (Phi) is 165. The molecule has 0 unspecified atom stereocenters. The molecule has 0 amide bonds. The number of imidazole rings is 1. The summed E-state index contributed by atoms with van der Waals surface area (Å²) in [6.07, 6.45) is 30.9. The summed E-state index contributed by atoms with van der Waals surface area (Å²) in [6.45, 7) is 69.8. The third-order valence-corrected chi connectivity index (χ3v) is 12.5. The van der Waals surface area contributed by atoms with Crippen LogP contribution in [0.25, 0.3) is 10.9 Å². The van der Waals surface area contributed by atoms with E-state index in [-0.39, 0.29) is 51.5 Å². The van der Waals surface area contributed by atoms with E-state index in [1.54, 1.807) is 60.0 Å². The highest BCUT2D eigenvalue weighted by Gasteiger charge is 1.98. The number of nitrogens with one attached hydrogen (secondary N) is 2. The smallest absolute Gasteiger partial charge is 0.129 e. The van der Waals surface area contributed by atoms with Crippen LogP contribution in [0.5, 0.6) is 5.75 Å². The van der Waals surface area contributed by atoms with Crippen molar-refractivity contribution >= 4 is 51.6 Å². The van der Waals surface area contributed by atoms with Crippen molar-refractivity contribution in [3.8, 4) is 5.75 Å². The molecule has 0 spiro atoms. The van der Waals surface area contributed by atoms with Crippen LogP contribution in [0.15, 0.2) is 103 Å². The molecule has 2 heterocycles. The maximum atomic E-state index is 10.0. The monoisotopic (exact) mass is 1500 g/mol. The molecule has 5 rings (SSSR count). The van der Waals surface area contributed by atoms with Gasteiger partial charge in [-0.15, -0.1) is 0 Å². The lowest BCUT2D eigenvalue weighted by Crippen LogP contribution is -2.05. The minimum atomic E-state index is -0.167. The number of carbonyl (C=O) groups is 4. The number of unbranched alkanes of at least 4 members (excludes halogenated alkanes) is 4. The highest BCUT2D eigenvalue weighted by molar-refractivity contribution is 7.98. The minimum absolute atomic E-state index is 0. The molecule has 0 saturated carbocycles. The van der Waals surface area contributed by atoms with Gasteiger partial charge < -0.3 is 45.1 Å². The molecule has 0 saturated heterocycles. The van der Waals surface area contributed by atoms with Gasteiger partial charge in [0.1, 0.15) is 28.9 Å². The number of aliphatic imine (C=N–C) groups is 1. The van der Waals surface area contributed by atoms with Gasteiger partial charge in [-0.2, -0.15) is 11.8 Å². The van der Waals surface area contributed by atoms with Crippen molar-refractivity contribution in [2.75, 3.05) is 18.6 Å². The van der Waals surface area contributed by atoms with Crippen LogP contribution in [-0.2, 0) is 44.9 Å². The van der Waals surface area contributed by atoms with Crippen LogP contribution < -0.4 is 5.73 Å². The molecule has 0 atom stereocenters. The highest BCUT2D eigenvalue weighted by Crippen LogP contribution is 2.17. The molecule has 0 aliphatic carbocycles. The van der Waals surface area contributed by atoms with E-state index in [4.69, 9.17) is 15.9 Å². The van der Waals surface area contributed by atoms with Gasteiger partial charge >= 0.3 is 0 Å². The van der Waals surface area contributed by atoms with E-state index in [1.807, 2.05) is 84.6 Å². The Morgan fingerprint density at radius 2 is 0.838 bits per heavy atom. The van der Waals surface area contributed by atoms with Crippen molar-refractivity contribution in [1.82, 2.24) is 15.0 Å². The number of para-hydroxylation sites is 1. The van der Waals surface area contributed by atoms with Gasteiger partial charge in [0.05, 0.1) is 12.2 Å². The number of amidine groups is 1. The predicted molar refractivity (Wildman–Crippen MR) is 489 cm³/mol. The van der Waals surface area contributed by atoms with Gasteiger partial charge in [0.25, 0.3) is 0 Å². The lowest BCUT2D eigenvalue weighted by atomic mass is 10.1. The van der Waals surface area contributed by atoms with Crippen LogP contribution in [0.1, 0.15) is 389 Å². The first-order valence-electron chi connectivity index (χ1n) is 39.9. The highest BCUT2D eigenvalue weighted by atomic mass is 32.2. The Balaban J connectivity index is -0.0000000577. The number of carbonyl (C=O) groups excluding carboxylic acids is 4. The topological polar surface area (TPSA) is 192 Å². The van der Waals surface area contributed by atoms with Crippen LogP contribution in [0.2, 0.25) is 0 Å². The molecular weight excluding hydrogens is 1320 g/mol. The number of H-pyrrole nitrogens is 2. The molecule has 5 aromatic rings. The lowest BCUT2D eigenvalue weighted by molar-refractivity contribution is -0.117. The van der Waals surface area contributed by atoms with Crippen molar-refractivity contribution in [2.45, 2.75) is 399 Å². The molecule has 6 N–H and O–H groups in total. The summed E-state index contributed by atoms with van der Waals surface area (Å²) >= 11 is 1.90. The van der Waals surface area contributed by atoms with Crippen LogP contribution in [0.3, 0.4) is 0 Å². The number of nitrogens with two attached hydrogens (primary N) is 1. The second-order valence-electron chi connectivity index (χ2n) is 25.4. The van der Waals surface area contributed by atoms with Crippen LogP contribution in [0.4, 0.5) is 0 Å². The molecule has 0 aliphatic rings. The average Bonchev–Trinajstić information content (AvgIpc) is 1.71. The summed E-state index contributed by atoms with van der Waals surface area (Å²) in [7, 11) is 0. The van der Waals surface area contributed by atoms with E-state index >= 15 is 0 Å². The van der Waals surface area contributed by atoms with Gasteiger partial charge in [-0.1, -0.05) is 328 Å². The van der Waals surface area contributed by atoms with E-state index < -0.39 is 0 Å². The molecule has 12 heteroatoms. The zero-order chi connectivity index (χ0) is 82.4. The van der Waals surface area contributed by atoms with Crippen molar-refractivity contribution < 1.29 is 29.4 Å². The van der Waals surface area contributed by atoms with Gasteiger partial charge in [0, 0.05) is 67.3 Å². The van der Waals surface area contributed by atoms with E-state index in [0.717, 1.165) is 82.1 Å². The number of Topliss-reactive ketones (excluding diaryl/α,β-unsaturated/α-hetero) is 4. The lowest BCUT2D eigenvalue weighted by Gasteiger charge is -1.93. The molecule has 3 aromatic carbocycles. The number of aromatic hydroxyl groups is 1. The number of aliphatic hydroxyl groups excluding tert-OH is 1. The number of aryl methyl sites for hydroxylation is 4. The number of benzene rings is 3. The number of aromatic amines is 2. The number of ketones is 4. The number of aliphatic hydroxyl groups is 1. The van der Waals surface area contributed by atoms with Gasteiger partial charge in [-0.25, -0.2) is 4.98 Å². The number of rotatable bonds is 20. The molecule has 0 radical (unpaired) electrons. The van der Waals surface area contributed by atoms with Gasteiger partial charge in [-0.3, -0.25) is 4.99 Å². The first-order valence-corrected chi connectivity index (χ1v) is 41.3. The SMILES string of the molecule is C.C.C.CC.CC(C)C.CC(C)O.CCC.CCC.CCC(C)=O.CCC(C)=O.CCC(C)C.CCC(C)C.CCCC(C)=O.CCCC(C)=O.CCCCCC.CCCCN=C(C)N.CCCSC.CCc1c[nH]c2ccccc12.CCc1ccc(O)cc1.CCc1ccccc1.CCc1cnc[nH]1. The fourth-order valence-corrected chi connectivity index (χ4v) is 5.58. The Labute approximate surface area is 663 Å². The molecule has 0 fully saturated rings. The van der Waals surface area contributed by atoms with E-state index in [1.165, 1.54) is 103 Å². The van der Waals surface area contributed by atoms with Crippen LogP contribution >= 0.6 is 11.8 Å². The zero-order valence-electron chi connectivity index (χ0n) is 74.2. The Morgan fingerprint density at radius 1 is 0.495 bits per heavy atom. The quantitative estimate of drug-likeness (QED) is 0.0287. The molecule has 2 aromatic heterocycles. The van der Waals surface area contributed by atoms with Crippen molar-refractivity contribution in [1.29, 1.82) is 0 Å². The molecule has 0 bridgehead atoms. The number of nitrogens with zero attached hydrogens (tertiary/aromatic N) is 2. The summed E-state index contributed by atoms with van der Waals surface area (Å²) in [4.78, 5) is 53.8. The second kappa shape index (κ2) is 125. The number of hydrogen-bond acceptors (Lipinski definition) is 9. The summed E-state index contributed by atoms with van der Waals surface area (Å²) in [6, 6.07) is 26.1. The number of phenolic OH excluding ortho intramolecular Hbond substituents is 1. The summed E-state index contributed by atoms with van der Waals surface area (Å²) in [5.41, 5.74) is 11.8. The standard InChI is InChI=1S/C10H11N.C8H10O.C8H10.C6H14N2.C6H14.C5H8N2.2C5H10O.2C5H12.2C4H8O.C4H10S.C4H10.C3H8O.2C3H8.C2H6.3CH4/c1-2-8-7-11-10-6-4-3-5-9(8)10;1-2-7-3-5-8(9)6-4-7;1-2-8-6-4-3-5-7-8;1-3-4-5-8-6(2)7;1-3-5-6-4-2;1-2-5-3-6-4-7-5;2*1-3-4-5(2)6;2*1-4-5(2)3;2*1-3-4(2)5;1-3-4-5-2;1-4(2)3;1-3(2)4;2*1-3-2;1-2;;;/h3-7,11H,2H2,1H3;3-6,9H,2H2,1H3;3-7H,2H2,1H3;3-5H2,1-2H3,(H2,7,8);3-6H2,1-2H3;3-4H,2H2,1H3,(H,6,7);2*3-4H2,1-2H3;2*5H,4H2,1-3H3;2*3H2,1-2H3;3-4H2,1-2H3;4H,1-3H3;3-4H,1-2H3;2*3H2,1-2H3;1-2H3;3*1H4. The van der Waals surface area contributed by atoms with Crippen molar-refractivity contribution in [2.24, 2.45) is 28.5 Å². The second-order valence-corrected chi connectivity index (χ2v) is 26.4. The largest absolute Gasteiger partial charge is 0.508 e. The Bertz CT molecular complexity index is 2210. The molecule has 0 aliphatic heterocycles. The first kappa shape index (κ1) is 139. The number of thioether (sulfide) groups is 1. The third-order valence-electron chi connectivity index (χ3n) is 11.7.